The zero-order valence-electron chi connectivity index (χ0n) is 11.9. The van der Waals surface area contributed by atoms with Crippen molar-refractivity contribution in [2.24, 2.45) is 0 Å². The molecular weight excluding hydrogens is 268 g/mol. The summed E-state index contributed by atoms with van der Waals surface area (Å²) >= 11 is 0. The van der Waals surface area contributed by atoms with Crippen molar-refractivity contribution in [1.82, 2.24) is 0 Å². The summed E-state index contributed by atoms with van der Waals surface area (Å²) in [7, 11) is 1.48. The number of methoxy groups -OCH3 is 1. The van der Waals surface area contributed by atoms with Crippen molar-refractivity contribution in [3.05, 3.63) is 65.7 Å². The molecule has 0 bridgehead atoms. The van der Waals surface area contributed by atoms with Crippen LogP contribution >= 0.6 is 0 Å². The standard InChI is InChI=1S/C17H16O4/c1-12(16(18)13-8-4-3-5-9-13)21-17(19)14-10-6-7-11-15(14)20-2/h3-12H,1-2H3. The van der Waals surface area contributed by atoms with Gasteiger partial charge in [0.15, 0.2) is 6.10 Å². The third-order valence-electron chi connectivity index (χ3n) is 3.04. The van der Waals surface area contributed by atoms with Crippen LogP contribution in [0.4, 0.5) is 0 Å². The van der Waals surface area contributed by atoms with E-state index in [-0.39, 0.29) is 5.78 Å². The van der Waals surface area contributed by atoms with E-state index in [4.69, 9.17) is 9.47 Å². The fraction of sp³-hybridized carbons (Fsp3) is 0.176. The van der Waals surface area contributed by atoms with Gasteiger partial charge in [-0.3, -0.25) is 4.79 Å². The highest BCUT2D eigenvalue weighted by atomic mass is 16.5. The molecule has 2 aromatic carbocycles. The van der Waals surface area contributed by atoms with Gasteiger partial charge in [0.05, 0.1) is 7.11 Å². The molecule has 0 fully saturated rings. The van der Waals surface area contributed by atoms with Gasteiger partial charge in [-0.2, -0.15) is 0 Å². The van der Waals surface area contributed by atoms with E-state index in [2.05, 4.69) is 0 Å². The van der Waals surface area contributed by atoms with E-state index in [9.17, 15) is 9.59 Å². The lowest BCUT2D eigenvalue weighted by Gasteiger charge is -2.13. The van der Waals surface area contributed by atoms with Crippen LogP contribution in [-0.2, 0) is 4.74 Å². The number of hydrogen-bond donors (Lipinski definition) is 0. The molecule has 0 saturated heterocycles. The molecule has 0 aliphatic heterocycles. The van der Waals surface area contributed by atoms with Crippen LogP contribution in [-0.4, -0.2) is 25.0 Å². The van der Waals surface area contributed by atoms with Crippen molar-refractivity contribution in [3.63, 3.8) is 0 Å². The van der Waals surface area contributed by atoms with Gasteiger partial charge >= 0.3 is 5.97 Å². The maximum absolute atomic E-state index is 12.2. The second kappa shape index (κ2) is 6.70. The molecule has 2 aromatic rings. The van der Waals surface area contributed by atoms with Crippen LogP contribution in [0.5, 0.6) is 5.75 Å². The Kier molecular flexibility index (Phi) is 4.72. The van der Waals surface area contributed by atoms with Gasteiger partial charge in [-0.15, -0.1) is 0 Å². The average Bonchev–Trinajstić information content (AvgIpc) is 2.54. The number of hydrogen-bond acceptors (Lipinski definition) is 4. The Hall–Kier alpha value is -2.62. The van der Waals surface area contributed by atoms with E-state index in [0.717, 1.165) is 0 Å². The molecule has 1 atom stereocenters. The summed E-state index contributed by atoms with van der Waals surface area (Å²) in [4.78, 5) is 24.3. The molecule has 4 heteroatoms. The van der Waals surface area contributed by atoms with Crippen LogP contribution in [0, 0.1) is 0 Å². The number of carbonyl (C=O) groups is 2. The predicted octanol–water partition coefficient (Wildman–Crippen LogP) is 3.12. The van der Waals surface area contributed by atoms with Gasteiger partial charge in [0.2, 0.25) is 5.78 Å². The van der Waals surface area contributed by atoms with Crippen LogP contribution in [0.25, 0.3) is 0 Å². The first-order valence-electron chi connectivity index (χ1n) is 6.56. The lowest BCUT2D eigenvalue weighted by molar-refractivity contribution is 0.0316. The molecule has 0 amide bonds. The molecule has 21 heavy (non-hydrogen) atoms. The first kappa shape index (κ1) is 14.8. The Morgan fingerprint density at radius 1 is 0.952 bits per heavy atom. The van der Waals surface area contributed by atoms with Gasteiger partial charge < -0.3 is 9.47 Å². The van der Waals surface area contributed by atoms with Crippen molar-refractivity contribution in [2.75, 3.05) is 7.11 Å². The minimum Gasteiger partial charge on any atom is -0.496 e. The largest absolute Gasteiger partial charge is 0.496 e. The molecule has 4 nitrogen and oxygen atoms in total. The summed E-state index contributed by atoms with van der Waals surface area (Å²) in [6.45, 7) is 1.56. The average molecular weight is 284 g/mol. The summed E-state index contributed by atoms with van der Waals surface area (Å²) in [6, 6.07) is 15.5. The lowest BCUT2D eigenvalue weighted by atomic mass is 10.1. The summed E-state index contributed by atoms with van der Waals surface area (Å²) in [6.07, 6.45) is -0.857. The molecule has 0 aliphatic rings. The Labute approximate surface area is 123 Å². The fourth-order valence-corrected chi connectivity index (χ4v) is 1.93. The first-order valence-corrected chi connectivity index (χ1v) is 6.56. The highest BCUT2D eigenvalue weighted by Crippen LogP contribution is 2.19. The summed E-state index contributed by atoms with van der Waals surface area (Å²) < 4.78 is 10.3. The Bertz CT molecular complexity index is 634. The highest BCUT2D eigenvalue weighted by molar-refractivity contribution is 6.01. The maximum Gasteiger partial charge on any atom is 0.342 e. The highest BCUT2D eigenvalue weighted by Gasteiger charge is 2.21. The Balaban J connectivity index is 2.11. The number of benzene rings is 2. The lowest BCUT2D eigenvalue weighted by Crippen LogP contribution is -2.24. The minimum atomic E-state index is -0.857. The van der Waals surface area contributed by atoms with E-state index >= 15 is 0 Å². The molecule has 2 rings (SSSR count). The smallest absolute Gasteiger partial charge is 0.342 e. The maximum atomic E-state index is 12.2. The molecule has 1 unspecified atom stereocenters. The second-order valence-corrected chi connectivity index (χ2v) is 4.48. The number of rotatable bonds is 5. The monoisotopic (exact) mass is 284 g/mol. The van der Waals surface area contributed by atoms with E-state index in [1.54, 1.807) is 55.5 Å². The number of carbonyl (C=O) groups excluding carboxylic acids is 2. The molecular formula is C17H16O4. The van der Waals surface area contributed by atoms with Gasteiger partial charge in [-0.1, -0.05) is 42.5 Å². The second-order valence-electron chi connectivity index (χ2n) is 4.48. The van der Waals surface area contributed by atoms with Gasteiger partial charge in [0, 0.05) is 5.56 Å². The van der Waals surface area contributed by atoms with Crippen molar-refractivity contribution in [3.8, 4) is 5.75 Å². The zero-order chi connectivity index (χ0) is 15.2. The Morgan fingerprint density at radius 2 is 1.57 bits per heavy atom. The van der Waals surface area contributed by atoms with E-state index < -0.39 is 12.1 Å². The number of para-hydroxylation sites is 1. The van der Waals surface area contributed by atoms with E-state index in [0.29, 0.717) is 16.9 Å². The van der Waals surface area contributed by atoms with Crippen molar-refractivity contribution < 1.29 is 19.1 Å². The van der Waals surface area contributed by atoms with Crippen LogP contribution in [0.3, 0.4) is 0 Å². The van der Waals surface area contributed by atoms with E-state index in [1.165, 1.54) is 7.11 Å². The van der Waals surface area contributed by atoms with E-state index in [1.807, 2.05) is 6.07 Å². The predicted molar refractivity (Wildman–Crippen MR) is 78.6 cm³/mol. The van der Waals surface area contributed by atoms with Crippen molar-refractivity contribution >= 4 is 11.8 Å². The van der Waals surface area contributed by atoms with Gasteiger partial charge in [-0.05, 0) is 19.1 Å². The van der Waals surface area contributed by atoms with Gasteiger partial charge in [0.1, 0.15) is 11.3 Å². The molecule has 0 aromatic heterocycles. The third kappa shape index (κ3) is 3.48. The molecule has 0 radical (unpaired) electrons. The van der Waals surface area contributed by atoms with Crippen LogP contribution in [0.1, 0.15) is 27.6 Å². The van der Waals surface area contributed by atoms with Crippen LogP contribution in [0.2, 0.25) is 0 Å². The van der Waals surface area contributed by atoms with Crippen molar-refractivity contribution in [1.29, 1.82) is 0 Å². The minimum absolute atomic E-state index is 0.237. The number of ether oxygens (including phenoxy) is 2. The van der Waals surface area contributed by atoms with Gasteiger partial charge in [-0.25, -0.2) is 4.79 Å². The molecule has 108 valence electrons. The first-order chi connectivity index (χ1) is 10.1. The zero-order valence-corrected chi connectivity index (χ0v) is 11.9. The van der Waals surface area contributed by atoms with Gasteiger partial charge in [0.25, 0.3) is 0 Å². The molecule has 0 saturated carbocycles. The number of ketones is 1. The number of esters is 1. The molecule has 0 aliphatic carbocycles. The SMILES string of the molecule is COc1ccccc1C(=O)OC(C)C(=O)c1ccccc1. The van der Waals surface area contributed by atoms with Crippen LogP contribution < -0.4 is 4.74 Å². The summed E-state index contributed by atoms with van der Waals surface area (Å²) in [5, 5.41) is 0. The molecule has 0 spiro atoms. The topological polar surface area (TPSA) is 52.6 Å². The van der Waals surface area contributed by atoms with Crippen molar-refractivity contribution in [2.45, 2.75) is 13.0 Å². The normalized spacial score (nSPS) is 11.5. The summed E-state index contributed by atoms with van der Waals surface area (Å²) in [5.41, 5.74) is 0.811. The van der Waals surface area contributed by atoms with Crippen LogP contribution in [0.15, 0.2) is 54.6 Å². The molecule has 0 N–H and O–H groups in total. The third-order valence-corrected chi connectivity index (χ3v) is 3.04. The summed E-state index contributed by atoms with van der Waals surface area (Å²) in [5.74, 6) is -0.398. The Morgan fingerprint density at radius 3 is 2.24 bits per heavy atom. The quantitative estimate of drug-likeness (QED) is 0.625. The number of Topliss-reactive ketones (excluding diaryl/α,β-unsaturated/α-hetero) is 1. The molecule has 0 heterocycles. The fourth-order valence-electron chi connectivity index (χ4n) is 1.93.